The summed E-state index contributed by atoms with van der Waals surface area (Å²) in [5.74, 6) is -1.02. The molecule has 0 heterocycles. The van der Waals surface area contributed by atoms with E-state index >= 15 is 0 Å². The van der Waals surface area contributed by atoms with Crippen molar-refractivity contribution in [2.24, 2.45) is 0 Å². The number of hydrogen-bond acceptors (Lipinski definition) is 4. The summed E-state index contributed by atoms with van der Waals surface area (Å²) in [6.07, 6.45) is 2.48. The number of nitro groups is 1. The highest BCUT2D eigenvalue weighted by Crippen LogP contribution is 2.18. The normalized spacial score (nSPS) is 10.4. The van der Waals surface area contributed by atoms with Gasteiger partial charge < -0.3 is 0 Å². The van der Waals surface area contributed by atoms with Gasteiger partial charge in [0.25, 0.3) is 11.6 Å². The molecule has 2 aromatic rings. The Labute approximate surface area is 148 Å². The number of carbonyl (C=O) groups is 2. The molecule has 128 valence electrons. The molecular formula is C17H14ClN3O4. The zero-order valence-corrected chi connectivity index (χ0v) is 13.7. The van der Waals surface area contributed by atoms with Crippen LogP contribution >= 0.6 is 11.6 Å². The van der Waals surface area contributed by atoms with Gasteiger partial charge in [-0.3, -0.25) is 30.6 Å². The maximum absolute atomic E-state index is 11.7. The first-order chi connectivity index (χ1) is 12.0. The molecule has 8 heteroatoms. The van der Waals surface area contributed by atoms with E-state index in [9.17, 15) is 19.7 Å². The van der Waals surface area contributed by atoms with Crippen LogP contribution < -0.4 is 10.9 Å². The molecule has 0 bridgehead atoms. The maximum atomic E-state index is 11.7. The number of hydrogen-bond donors (Lipinski definition) is 2. The molecule has 0 saturated heterocycles. The third kappa shape index (κ3) is 5.74. The van der Waals surface area contributed by atoms with Crippen LogP contribution in [0.25, 0.3) is 6.08 Å². The second-order valence-electron chi connectivity index (χ2n) is 4.99. The first kappa shape index (κ1) is 18.2. The van der Waals surface area contributed by atoms with Gasteiger partial charge >= 0.3 is 0 Å². The lowest BCUT2D eigenvalue weighted by Gasteiger charge is -2.05. The summed E-state index contributed by atoms with van der Waals surface area (Å²) in [6, 6.07) is 12.8. The van der Waals surface area contributed by atoms with Crippen LogP contribution in [0.1, 0.15) is 11.1 Å². The molecule has 0 aromatic heterocycles. The van der Waals surface area contributed by atoms with Crippen LogP contribution in [0.5, 0.6) is 0 Å². The Bertz CT molecular complexity index is 819. The molecule has 0 radical (unpaired) electrons. The van der Waals surface area contributed by atoms with Crippen molar-refractivity contribution >= 4 is 35.2 Å². The third-order valence-corrected chi connectivity index (χ3v) is 3.40. The molecule has 0 aliphatic carbocycles. The summed E-state index contributed by atoms with van der Waals surface area (Å²) in [5, 5.41) is 11.4. The van der Waals surface area contributed by atoms with Crippen molar-refractivity contribution in [3.63, 3.8) is 0 Å². The topological polar surface area (TPSA) is 101 Å². The van der Waals surface area contributed by atoms with Crippen molar-refractivity contribution in [3.8, 4) is 0 Å². The van der Waals surface area contributed by atoms with Gasteiger partial charge in [0.1, 0.15) is 0 Å². The summed E-state index contributed by atoms with van der Waals surface area (Å²) >= 11 is 5.76. The van der Waals surface area contributed by atoms with E-state index in [1.165, 1.54) is 24.3 Å². The molecule has 0 spiro atoms. The molecule has 0 fully saturated rings. The smallest absolute Gasteiger partial charge is 0.273 e. The van der Waals surface area contributed by atoms with Crippen LogP contribution in [0.15, 0.2) is 54.6 Å². The Morgan fingerprint density at radius 2 is 1.76 bits per heavy atom. The summed E-state index contributed by atoms with van der Waals surface area (Å²) in [6.45, 7) is 0. The third-order valence-electron chi connectivity index (χ3n) is 3.15. The predicted molar refractivity (Wildman–Crippen MR) is 93.6 cm³/mol. The second kappa shape index (κ2) is 8.60. The lowest BCUT2D eigenvalue weighted by molar-refractivity contribution is -0.385. The lowest BCUT2D eigenvalue weighted by Crippen LogP contribution is -2.41. The fourth-order valence-electron chi connectivity index (χ4n) is 1.97. The van der Waals surface area contributed by atoms with Crippen molar-refractivity contribution in [2.45, 2.75) is 6.42 Å². The predicted octanol–water partition coefficient (Wildman–Crippen LogP) is 2.65. The number of nitrogens with one attached hydrogen (secondary N) is 2. The SMILES string of the molecule is O=C(/C=C/c1ccccc1[N+](=O)[O-])NNC(=O)Cc1ccc(Cl)cc1. The van der Waals surface area contributed by atoms with Crippen molar-refractivity contribution in [1.29, 1.82) is 0 Å². The highest BCUT2D eigenvalue weighted by molar-refractivity contribution is 6.30. The number of carbonyl (C=O) groups excluding carboxylic acids is 2. The van der Waals surface area contributed by atoms with Gasteiger partial charge in [-0.1, -0.05) is 35.9 Å². The van der Waals surface area contributed by atoms with Gasteiger partial charge in [0.05, 0.1) is 16.9 Å². The number of nitrogens with zero attached hydrogens (tertiary/aromatic N) is 1. The number of rotatable bonds is 5. The summed E-state index contributed by atoms with van der Waals surface area (Å²) in [4.78, 5) is 33.8. The monoisotopic (exact) mass is 359 g/mol. The summed E-state index contributed by atoms with van der Waals surface area (Å²) in [5.41, 5.74) is 5.39. The largest absolute Gasteiger partial charge is 0.276 e. The minimum absolute atomic E-state index is 0.0747. The van der Waals surface area contributed by atoms with Crippen LogP contribution in [0.2, 0.25) is 5.02 Å². The van der Waals surface area contributed by atoms with Crippen LogP contribution in [0, 0.1) is 10.1 Å². The Morgan fingerprint density at radius 1 is 1.08 bits per heavy atom. The number of halogens is 1. The number of benzene rings is 2. The van der Waals surface area contributed by atoms with Gasteiger partial charge in [-0.05, 0) is 29.8 Å². The molecule has 7 nitrogen and oxygen atoms in total. The zero-order valence-electron chi connectivity index (χ0n) is 12.9. The van der Waals surface area contributed by atoms with Crippen LogP contribution in [-0.2, 0) is 16.0 Å². The van der Waals surface area contributed by atoms with E-state index in [0.29, 0.717) is 5.02 Å². The Balaban J connectivity index is 1.87. The second-order valence-corrected chi connectivity index (χ2v) is 5.43. The van der Waals surface area contributed by atoms with E-state index in [4.69, 9.17) is 11.6 Å². The standard InChI is InChI=1S/C17H14ClN3O4/c18-14-8-5-12(6-9-14)11-17(23)20-19-16(22)10-7-13-3-1-2-4-15(13)21(24)25/h1-10H,11H2,(H,19,22)(H,20,23)/b10-7+. The molecule has 2 N–H and O–H groups in total. The average molecular weight is 360 g/mol. The molecule has 2 amide bonds. The summed E-state index contributed by atoms with van der Waals surface area (Å²) < 4.78 is 0. The zero-order chi connectivity index (χ0) is 18.2. The van der Waals surface area contributed by atoms with Gasteiger partial charge in [0.15, 0.2) is 0 Å². The van der Waals surface area contributed by atoms with Gasteiger partial charge in [-0.2, -0.15) is 0 Å². The molecule has 0 aliphatic heterocycles. The fourth-order valence-corrected chi connectivity index (χ4v) is 2.09. The number of hydrazine groups is 1. The lowest BCUT2D eigenvalue weighted by atomic mass is 10.1. The van der Waals surface area contributed by atoms with Gasteiger partial charge in [0.2, 0.25) is 5.91 Å². The number of nitro benzene ring substituents is 1. The molecule has 0 aliphatic rings. The average Bonchev–Trinajstić information content (AvgIpc) is 2.60. The number of amides is 2. The first-order valence-electron chi connectivity index (χ1n) is 7.20. The van der Waals surface area contributed by atoms with Crippen LogP contribution in [-0.4, -0.2) is 16.7 Å². The van der Waals surface area contributed by atoms with E-state index in [-0.39, 0.29) is 17.7 Å². The van der Waals surface area contributed by atoms with E-state index in [0.717, 1.165) is 11.6 Å². The minimum atomic E-state index is -0.609. The molecule has 0 unspecified atom stereocenters. The van der Waals surface area contributed by atoms with Crippen molar-refractivity contribution in [1.82, 2.24) is 10.9 Å². The van der Waals surface area contributed by atoms with E-state index in [1.54, 1.807) is 30.3 Å². The first-order valence-corrected chi connectivity index (χ1v) is 7.58. The van der Waals surface area contributed by atoms with E-state index in [1.807, 2.05) is 0 Å². The van der Waals surface area contributed by atoms with E-state index in [2.05, 4.69) is 10.9 Å². The van der Waals surface area contributed by atoms with Crippen molar-refractivity contribution < 1.29 is 14.5 Å². The van der Waals surface area contributed by atoms with Crippen molar-refractivity contribution in [2.75, 3.05) is 0 Å². The molecule has 2 rings (SSSR count). The summed E-state index contributed by atoms with van der Waals surface area (Å²) in [7, 11) is 0. The highest BCUT2D eigenvalue weighted by Gasteiger charge is 2.10. The fraction of sp³-hybridized carbons (Fsp3) is 0.0588. The molecule has 25 heavy (non-hydrogen) atoms. The molecule has 2 aromatic carbocycles. The molecular weight excluding hydrogens is 346 g/mol. The minimum Gasteiger partial charge on any atom is -0.273 e. The Kier molecular flexibility index (Phi) is 6.25. The maximum Gasteiger partial charge on any atom is 0.276 e. The van der Waals surface area contributed by atoms with E-state index < -0.39 is 16.7 Å². The number of para-hydroxylation sites is 1. The van der Waals surface area contributed by atoms with Gasteiger partial charge in [-0.25, -0.2) is 0 Å². The molecule has 0 atom stereocenters. The Hall–Kier alpha value is -3.19. The van der Waals surface area contributed by atoms with Crippen molar-refractivity contribution in [3.05, 3.63) is 80.9 Å². The quantitative estimate of drug-likeness (QED) is 0.486. The molecule has 0 saturated carbocycles. The highest BCUT2D eigenvalue weighted by atomic mass is 35.5. The van der Waals surface area contributed by atoms with Gasteiger partial charge in [-0.15, -0.1) is 0 Å². The van der Waals surface area contributed by atoms with Crippen LogP contribution in [0.4, 0.5) is 5.69 Å². The Morgan fingerprint density at radius 3 is 2.44 bits per heavy atom. The van der Waals surface area contributed by atoms with Gasteiger partial charge in [0, 0.05) is 17.2 Å². The van der Waals surface area contributed by atoms with Crippen LogP contribution in [0.3, 0.4) is 0 Å².